The van der Waals surface area contributed by atoms with E-state index in [1.807, 2.05) is 0 Å². The Morgan fingerprint density at radius 2 is 1.07 bits per heavy atom. The Labute approximate surface area is 163 Å². The minimum Gasteiger partial charge on any atom is -0.396 e. The van der Waals surface area contributed by atoms with Crippen molar-refractivity contribution in [3.8, 4) is 0 Å². The summed E-state index contributed by atoms with van der Waals surface area (Å²) in [5, 5.41) is 56.2. The van der Waals surface area contributed by atoms with Crippen LogP contribution < -0.4 is 0 Å². The lowest BCUT2D eigenvalue weighted by Crippen LogP contribution is -2.55. The van der Waals surface area contributed by atoms with E-state index >= 15 is 0 Å². The zero-order valence-corrected chi connectivity index (χ0v) is 16.6. The molecule has 0 aromatic carbocycles. The minimum atomic E-state index is -2.23. The van der Waals surface area contributed by atoms with E-state index < -0.39 is 36.8 Å². The van der Waals surface area contributed by atoms with Gasteiger partial charge in [0, 0.05) is 6.61 Å². The molecule has 7 heteroatoms. The van der Waals surface area contributed by atoms with E-state index in [0.29, 0.717) is 6.42 Å². The van der Waals surface area contributed by atoms with E-state index in [9.17, 15) is 20.1 Å². The van der Waals surface area contributed by atoms with Crippen molar-refractivity contribution in [2.45, 2.75) is 101 Å². The molecule has 0 aromatic rings. The number of Topliss-reactive ketones (excluding diaryl/α,β-unsaturated/α-hetero) is 1. The van der Waals surface area contributed by atoms with Crippen molar-refractivity contribution in [3.63, 3.8) is 0 Å². The summed E-state index contributed by atoms with van der Waals surface area (Å²) in [5.41, 5.74) is -2.23. The molecule has 27 heavy (non-hydrogen) atoms. The lowest BCUT2D eigenvalue weighted by molar-refractivity contribution is -0.166. The number of unbranched alkanes of at least 4 members (excludes halogenated alkanes) is 11. The van der Waals surface area contributed by atoms with E-state index in [4.69, 9.17) is 15.3 Å². The predicted molar refractivity (Wildman–Crippen MR) is 103 cm³/mol. The Balaban J connectivity index is 3.85. The number of ketones is 1. The number of carbonyl (C=O) groups is 1. The van der Waals surface area contributed by atoms with Crippen LogP contribution in [0, 0.1) is 0 Å². The quantitative estimate of drug-likeness (QED) is 0.181. The van der Waals surface area contributed by atoms with Crippen LogP contribution in [0.3, 0.4) is 0 Å². The third-order valence-corrected chi connectivity index (χ3v) is 5.09. The second kappa shape index (κ2) is 16.4. The number of hydrogen-bond donors (Lipinski definition) is 6. The molecule has 6 N–H and O–H groups in total. The second-order valence-electron chi connectivity index (χ2n) is 7.40. The largest absolute Gasteiger partial charge is 0.396 e. The summed E-state index contributed by atoms with van der Waals surface area (Å²) >= 11 is 0. The molecular weight excluding hydrogens is 352 g/mol. The molecule has 3 atom stereocenters. The molecule has 7 nitrogen and oxygen atoms in total. The van der Waals surface area contributed by atoms with Crippen molar-refractivity contribution < 1.29 is 35.4 Å². The molecule has 0 aliphatic rings. The van der Waals surface area contributed by atoms with Gasteiger partial charge in [0.2, 0.25) is 0 Å². The average molecular weight is 393 g/mol. The normalized spacial score (nSPS) is 16.1. The highest BCUT2D eigenvalue weighted by Gasteiger charge is 2.44. The first kappa shape index (κ1) is 26.4. The standard InChI is InChI=1S/C20H40O7/c21-14-12-10-8-6-4-2-1-3-5-7-9-11-13-20(27,18(25)16-23)19(26)17(24)15-22/h17-18,21-25,27H,1-16H2/t17-,18+,20+/m0/s1. The maximum absolute atomic E-state index is 12.0. The molecule has 0 heterocycles. The third kappa shape index (κ3) is 11.1. The molecule has 162 valence electrons. The Morgan fingerprint density at radius 3 is 1.44 bits per heavy atom. The Morgan fingerprint density at radius 1 is 0.667 bits per heavy atom. The summed E-state index contributed by atoms with van der Waals surface area (Å²) in [7, 11) is 0. The van der Waals surface area contributed by atoms with Crippen LogP contribution in [-0.2, 0) is 4.79 Å². The van der Waals surface area contributed by atoms with Crippen LogP contribution in [0.4, 0.5) is 0 Å². The van der Waals surface area contributed by atoms with Crippen molar-refractivity contribution in [1.82, 2.24) is 0 Å². The Hall–Kier alpha value is -0.570. The first-order chi connectivity index (χ1) is 12.9. The first-order valence-corrected chi connectivity index (χ1v) is 10.4. The van der Waals surface area contributed by atoms with Gasteiger partial charge in [-0.2, -0.15) is 0 Å². The minimum absolute atomic E-state index is 0.0571. The van der Waals surface area contributed by atoms with Gasteiger partial charge in [0.1, 0.15) is 12.2 Å². The maximum atomic E-state index is 12.0. The van der Waals surface area contributed by atoms with E-state index in [1.165, 1.54) is 32.1 Å². The molecule has 0 rings (SSSR count). The van der Waals surface area contributed by atoms with Gasteiger partial charge in [-0.3, -0.25) is 4.79 Å². The summed E-state index contributed by atoms with van der Waals surface area (Å²) in [4.78, 5) is 12.0. The van der Waals surface area contributed by atoms with Crippen LogP contribution in [0.25, 0.3) is 0 Å². The lowest BCUT2D eigenvalue weighted by Gasteiger charge is -2.32. The smallest absolute Gasteiger partial charge is 0.197 e. The van der Waals surface area contributed by atoms with E-state index in [0.717, 1.165) is 38.5 Å². The predicted octanol–water partition coefficient (Wildman–Crippen LogP) is 1.06. The maximum Gasteiger partial charge on any atom is 0.197 e. The molecule has 0 aromatic heterocycles. The van der Waals surface area contributed by atoms with Gasteiger partial charge < -0.3 is 30.6 Å². The molecule has 0 bridgehead atoms. The summed E-state index contributed by atoms with van der Waals surface area (Å²) in [6.45, 7) is -1.34. The van der Waals surface area contributed by atoms with Gasteiger partial charge in [0.25, 0.3) is 0 Å². The highest BCUT2D eigenvalue weighted by molar-refractivity contribution is 5.91. The summed E-state index contributed by atoms with van der Waals surface area (Å²) < 4.78 is 0. The zero-order chi connectivity index (χ0) is 20.5. The molecule has 0 fully saturated rings. The van der Waals surface area contributed by atoms with Crippen LogP contribution in [0.2, 0.25) is 0 Å². The van der Waals surface area contributed by atoms with E-state index in [2.05, 4.69) is 0 Å². The number of rotatable bonds is 19. The van der Waals surface area contributed by atoms with Gasteiger partial charge in [0.05, 0.1) is 13.2 Å². The highest BCUT2D eigenvalue weighted by atomic mass is 16.4. The van der Waals surface area contributed by atoms with Crippen LogP contribution in [-0.4, -0.2) is 74.1 Å². The van der Waals surface area contributed by atoms with Gasteiger partial charge in [0.15, 0.2) is 11.4 Å². The average Bonchev–Trinajstić information content (AvgIpc) is 2.69. The number of hydrogen-bond acceptors (Lipinski definition) is 7. The highest BCUT2D eigenvalue weighted by Crippen LogP contribution is 2.23. The fourth-order valence-corrected chi connectivity index (χ4v) is 3.25. The molecule has 0 radical (unpaired) electrons. The van der Waals surface area contributed by atoms with Crippen molar-refractivity contribution in [2.75, 3.05) is 19.8 Å². The summed E-state index contributed by atoms with van der Waals surface area (Å²) in [5.74, 6) is -1.05. The molecule has 0 aliphatic heterocycles. The zero-order valence-electron chi connectivity index (χ0n) is 16.6. The summed E-state index contributed by atoms with van der Waals surface area (Å²) in [6, 6.07) is 0. The van der Waals surface area contributed by atoms with Crippen molar-refractivity contribution in [2.24, 2.45) is 0 Å². The fourth-order valence-electron chi connectivity index (χ4n) is 3.25. The molecular formula is C20H40O7. The number of aliphatic hydroxyl groups is 6. The molecule has 0 unspecified atom stereocenters. The van der Waals surface area contributed by atoms with Crippen LogP contribution >= 0.6 is 0 Å². The third-order valence-electron chi connectivity index (χ3n) is 5.09. The van der Waals surface area contributed by atoms with E-state index in [-0.39, 0.29) is 13.0 Å². The molecule has 0 saturated carbocycles. The van der Waals surface area contributed by atoms with Gasteiger partial charge >= 0.3 is 0 Å². The molecule has 0 spiro atoms. The van der Waals surface area contributed by atoms with Crippen molar-refractivity contribution in [3.05, 3.63) is 0 Å². The monoisotopic (exact) mass is 392 g/mol. The van der Waals surface area contributed by atoms with Gasteiger partial charge in [-0.25, -0.2) is 0 Å². The van der Waals surface area contributed by atoms with Gasteiger partial charge in [-0.1, -0.05) is 70.6 Å². The van der Waals surface area contributed by atoms with Crippen molar-refractivity contribution in [1.29, 1.82) is 0 Å². The molecule has 0 amide bonds. The number of aliphatic hydroxyl groups excluding tert-OH is 5. The first-order valence-electron chi connectivity index (χ1n) is 10.4. The van der Waals surface area contributed by atoms with Gasteiger partial charge in [-0.05, 0) is 12.8 Å². The SMILES string of the molecule is O=C([C@@H](O)CO)[C@@](O)(CCCCCCCCCCCCCCO)[C@H](O)CO. The number of carbonyl (C=O) groups excluding carboxylic acids is 1. The topological polar surface area (TPSA) is 138 Å². The van der Waals surface area contributed by atoms with E-state index in [1.54, 1.807) is 0 Å². The Kier molecular flexibility index (Phi) is 16.0. The van der Waals surface area contributed by atoms with Crippen LogP contribution in [0.15, 0.2) is 0 Å². The van der Waals surface area contributed by atoms with Gasteiger partial charge in [-0.15, -0.1) is 0 Å². The second-order valence-corrected chi connectivity index (χ2v) is 7.40. The molecule has 0 aliphatic carbocycles. The molecule has 0 saturated heterocycles. The fraction of sp³-hybridized carbons (Fsp3) is 0.950. The summed E-state index contributed by atoms with van der Waals surface area (Å²) in [6.07, 6.45) is 8.98. The van der Waals surface area contributed by atoms with Crippen molar-refractivity contribution >= 4 is 5.78 Å². The Bertz CT molecular complexity index is 364. The van der Waals surface area contributed by atoms with Crippen LogP contribution in [0.5, 0.6) is 0 Å². The van der Waals surface area contributed by atoms with Crippen LogP contribution in [0.1, 0.15) is 83.5 Å². The lowest BCUT2D eigenvalue weighted by atomic mass is 9.84.